The molecule has 17 heavy (non-hydrogen) atoms. The topological polar surface area (TPSA) is 38.5 Å². The van der Waals surface area contributed by atoms with Gasteiger partial charge in [0.15, 0.2) is 0 Å². The van der Waals surface area contributed by atoms with Crippen LogP contribution in [0, 0.1) is 0 Å². The quantitative estimate of drug-likeness (QED) is 0.866. The summed E-state index contributed by atoms with van der Waals surface area (Å²) in [5, 5.41) is 0. The monoisotopic (exact) mass is 234 g/mol. The van der Waals surface area contributed by atoms with Crippen molar-refractivity contribution in [3.63, 3.8) is 0 Å². The summed E-state index contributed by atoms with van der Waals surface area (Å²) in [4.78, 5) is 2.45. The average Bonchev–Trinajstić information content (AvgIpc) is 2.28. The van der Waals surface area contributed by atoms with Crippen molar-refractivity contribution in [3.05, 3.63) is 35.4 Å². The summed E-state index contributed by atoms with van der Waals surface area (Å²) in [5.74, 6) is 0. The number of rotatable bonds is 3. The molecule has 1 aromatic carbocycles. The van der Waals surface area contributed by atoms with Crippen molar-refractivity contribution in [3.8, 4) is 0 Å². The van der Waals surface area contributed by atoms with Gasteiger partial charge in [-0.15, -0.1) is 0 Å². The summed E-state index contributed by atoms with van der Waals surface area (Å²) in [5.41, 5.74) is 8.14. The molecule has 1 aromatic rings. The predicted molar refractivity (Wildman–Crippen MR) is 69.6 cm³/mol. The molecule has 0 aromatic heterocycles. The second-order valence-electron chi connectivity index (χ2n) is 4.97. The first-order valence-electron chi connectivity index (χ1n) is 6.33. The van der Waals surface area contributed by atoms with Crippen LogP contribution in [0.15, 0.2) is 24.3 Å². The Morgan fingerprint density at radius 1 is 1.12 bits per heavy atom. The molecule has 2 rings (SSSR count). The second kappa shape index (κ2) is 5.63. The van der Waals surface area contributed by atoms with E-state index in [0.717, 1.165) is 19.6 Å². The third-order valence-corrected chi connectivity index (χ3v) is 3.16. The van der Waals surface area contributed by atoms with Gasteiger partial charge in [0.25, 0.3) is 0 Å². The maximum Gasteiger partial charge on any atom is 0.0678 e. The van der Waals surface area contributed by atoms with Crippen molar-refractivity contribution >= 4 is 0 Å². The molecule has 0 radical (unpaired) electrons. The number of hydrogen-bond donors (Lipinski definition) is 1. The van der Waals surface area contributed by atoms with Crippen molar-refractivity contribution in [2.45, 2.75) is 39.1 Å². The summed E-state index contributed by atoms with van der Waals surface area (Å²) in [7, 11) is 0. The maximum atomic E-state index is 5.73. The molecule has 2 N–H and O–H groups in total. The van der Waals surface area contributed by atoms with E-state index in [4.69, 9.17) is 10.5 Å². The molecule has 0 bridgehead atoms. The van der Waals surface area contributed by atoms with Crippen LogP contribution in [0.4, 0.5) is 0 Å². The predicted octanol–water partition coefficient (Wildman–Crippen LogP) is 1.75. The maximum absolute atomic E-state index is 5.73. The second-order valence-corrected chi connectivity index (χ2v) is 4.97. The minimum Gasteiger partial charge on any atom is -0.373 e. The van der Waals surface area contributed by atoms with E-state index in [-0.39, 0.29) is 0 Å². The Kier molecular flexibility index (Phi) is 4.15. The van der Waals surface area contributed by atoms with Crippen molar-refractivity contribution in [2.75, 3.05) is 13.1 Å². The van der Waals surface area contributed by atoms with E-state index in [1.807, 2.05) is 0 Å². The number of nitrogens with two attached hydrogens (primary N) is 1. The summed E-state index contributed by atoms with van der Waals surface area (Å²) >= 11 is 0. The zero-order chi connectivity index (χ0) is 12.3. The lowest BCUT2D eigenvalue weighted by Gasteiger charge is -2.35. The van der Waals surface area contributed by atoms with Crippen LogP contribution in [0.3, 0.4) is 0 Å². The van der Waals surface area contributed by atoms with Gasteiger partial charge >= 0.3 is 0 Å². The van der Waals surface area contributed by atoms with Crippen LogP contribution in [0.5, 0.6) is 0 Å². The molecule has 0 unspecified atom stereocenters. The molecule has 1 heterocycles. The number of nitrogens with zero attached hydrogens (tertiary/aromatic N) is 1. The third kappa shape index (κ3) is 3.53. The van der Waals surface area contributed by atoms with Crippen LogP contribution in [-0.4, -0.2) is 30.2 Å². The van der Waals surface area contributed by atoms with Crippen molar-refractivity contribution in [2.24, 2.45) is 5.73 Å². The SMILES string of the molecule is C[C@@H]1CN(Cc2ccc(CN)cc2)C[C@H](C)O1. The van der Waals surface area contributed by atoms with Crippen LogP contribution in [0.2, 0.25) is 0 Å². The van der Waals surface area contributed by atoms with Gasteiger partial charge in [-0.2, -0.15) is 0 Å². The van der Waals surface area contributed by atoms with Gasteiger partial charge in [-0.3, -0.25) is 4.90 Å². The molecule has 1 aliphatic rings. The fourth-order valence-corrected chi connectivity index (χ4v) is 2.45. The Balaban J connectivity index is 1.95. The Hall–Kier alpha value is -0.900. The van der Waals surface area contributed by atoms with E-state index in [1.54, 1.807) is 0 Å². The molecule has 1 fully saturated rings. The largest absolute Gasteiger partial charge is 0.373 e. The lowest BCUT2D eigenvalue weighted by molar-refractivity contribution is -0.0704. The zero-order valence-corrected chi connectivity index (χ0v) is 10.7. The van der Waals surface area contributed by atoms with Crippen molar-refractivity contribution in [1.82, 2.24) is 4.90 Å². The molecule has 94 valence electrons. The van der Waals surface area contributed by atoms with Gasteiger partial charge < -0.3 is 10.5 Å². The fourth-order valence-electron chi connectivity index (χ4n) is 2.45. The number of ether oxygens (including phenoxy) is 1. The molecule has 3 nitrogen and oxygen atoms in total. The van der Waals surface area contributed by atoms with Crippen molar-refractivity contribution in [1.29, 1.82) is 0 Å². The first-order valence-corrected chi connectivity index (χ1v) is 6.33. The smallest absolute Gasteiger partial charge is 0.0678 e. The van der Waals surface area contributed by atoms with Gasteiger partial charge in [0, 0.05) is 26.2 Å². The van der Waals surface area contributed by atoms with E-state index >= 15 is 0 Å². The Labute approximate surface area is 104 Å². The average molecular weight is 234 g/mol. The highest BCUT2D eigenvalue weighted by molar-refractivity contribution is 5.22. The van der Waals surface area contributed by atoms with Gasteiger partial charge in [0.1, 0.15) is 0 Å². The first kappa shape index (κ1) is 12.6. The lowest BCUT2D eigenvalue weighted by Crippen LogP contribution is -2.44. The molecule has 1 aliphatic heterocycles. The standard InChI is InChI=1S/C14H22N2O/c1-11-8-16(9-12(2)17-11)10-14-5-3-13(7-15)4-6-14/h3-6,11-12H,7-10,15H2,1-2H3/t11-,12+. The third-order valence-electron chi connectivity index (χ3n) is 3.16. The summed E-state index contributed by atoms with van der Waals surface area (Å²) in [6.07, 6.45) is 0.670. The van der Waals surface area contributed by atoms with Crippen LogP contribution >= 0.6 is 0 Å². The van der Waals surface area contributed by atoms with Gasteiger partial charge in [0.2, 0.25) is 0 Å². The highest BCUT2D eigenvalue weighted by atomic mass is 16.5. The van der Waals surface area contributed by atoms with Crippen LogP contribution in [-0.2, 0) is 17.8 Å². The number of benzene rings is 1. The summed E-state index contributed by atoms with van der Waals surface area (Å²) in [6.45, 7) is 7.93. The molecule has 0 spiro atoms. The lowest BCUT2D eigenvalue weighted by atomic mass is 10.1. The van der Waals surface area contributed by atoms with Gasteiger partial charge in [-0.05, 0) is 25.0 Å². The van der Waals surface area contributed by atoms with Gasteiger partial charge in [-0.25, -0.2) is 0 Å². The minimum atomic E-state index is 0.335. The molecule has 0 saturated carbocycles. The minimum absolute atomic E-state index is 0.335. The van der Waals surface area contributed by atoms with Gasteiger partial charge in [-0.1, -0.05) is 24.3 Å². The Morgan fingerprint density at radius 3 is 2.18 bits per heavy atom. The van der Waals surface area contributed by atoms with Crippen LogP contribution in [0.25, 0.3) is 0 Å². The highest BCUT2D eigenvalue weighted by Gasteiger charge is 2.21. The van der Waals surface area contributed by atoms with E-state index < -0.39 is 0 Å². The fraction of sp³-hybridized carbons (Fsp3) is 0.571. The van der Waals surface area contributed by atoms with E-state index in [0.29, 0.717) is 18.8 Å². The first-order chi connectivity index (χ1) is 8.17. The Bertz CT molecular complexity index is 340. The van der Waals surface area contributed by atoms with Crippen molar-refractivity contribution < 1.29 is 4.74 Å². The van der Waals surface area contributed by atoms with E-state index in [9.17, 15) is 0 Å². The summed E-state index contributed by atoms with van der Waals surface area (Å²) < 4.78 is 5.73. The van der Waals surface area contributed by atoms with E-state index in [2.05, 4.69) is 43.0 Å². The number of morpholine rings is 1. The molecule has 1 saturated heterocycles. The molecule has 0 aliphatic carbocycles. The molecular weight excluding hydrogens is 212 g/mol. The molecule has 0 amide bonds. The number of hydrogen-bond acceptors (Lipinski definition) is 3. The molecular formula is C14H22N2O. The molecule has 3 heteroatoms. The normalized spacial score (nSPS) is 26.1. The van der Waals surface area contributed by atoms with Crippen LogP contribution < -0.4 is 5.73 Å². The summed E-state index contributed by atoms with van der Waals surface area (Å²) in [6, 6.07) is 8.57. The zero-order valence-electron chi connectivity index (χ0n) is 10.7. The molecule has 2 atom stereocenters. The Morgan fingerprint density at radius 2 is 1.65 bits per heavy atom. The van der Waals surface area contributed by atoms with Gasteiger partial charge in [0.05, 0.1) is 12.2 Å². The van der Waals surface area contributed by atoms with Crippen LogP contribution in [0.1, 0.15) is 25.0 Å². The van der Waals surface area contributed by atoms with E-state index in [1.165, 1.54) is 11.1 Å². The highest BCUT2D eigenvalue weighted by Crippen LogP contribution is 2.14.